The monoisotopic (exact) mass is 346 g/mol. The fourth-order valence-corrected chi connectivity index (χ4v) is 2.73. The van der Waals surface area contributed by atoms with Gasteiger partial charge >= 0.3 is 0 Å². The van der Waals surface area contributed by atoms with Gasteiger partial charge < -0.3 is 16.4 Å². The molecule has 4 N–H and O–H groups in total. The lowest BCUT2D eigenvalue weighted by molar-refractivity contribution is 0.102. The number of hydrogen-bond donors (Lipinski definition) is 3. The maximum Gasteiger partial charge on any atom is 0.258 e. The molecule has 3 rings (SSSR count). The van der Waals surface area contributed by atoms with E-state index in [1.54, 1.807) is 12.4 Å². The predicted molar refractivity (Wildman–Crippen MR) is 105 cm³/mol. The van der Waals surface area contributed by atoms with Crippen LogP contribution < -0.4 is 16.4 Å². The van der Waals surface area contributed by atoms with Crippen molar-refractivity contribution in [1.29, 1.82) is 0 Å². The minimum absolute atomic E-state index is 0.138. The third kappa shape index (κ3) is 4.26. The van der Waals surface area contributed by atoms with Crippen LogP contribution in [0, 0.1) is 6.92 Å². The average Bonchev–Trinajstić information content (AvgIpc) is 2.67. The smallest absolute Gasteiger partial charge is 0.258 e. The molecule has 5 nitrogen and oxygen atoms in total. The van der Waals surface area contributed by atoms with Gasteiger partial charge in [0.1, 0.15) is 0 Å². The van der Waals surface area contributed by atoms with Gasteiger partial charge in [0.25, 0.3) is 5.91 Å². The fourth-order valence-electron chi connectivity index (χ4n) is 2.73. The predicted octanol–water partition coefficient (Wildman–Crippen LogP) is 3.71. The summed E-state index contributed by atoms with van der Waals surface area (Å²) in [6.45, 7) is 3.04. The zero-order chi connectivity index (χ0) is 18.4. The highest BCUT2D eigenvalue weighted by Crippen LogP contribution is 2.22. The van der Waals surface area contributed by atoms with E-state index in [1.165, 1.54) is 0 Å². The van der Waals surface area contributed by atoms with E-state index in [4.69, 9.17) is 5.73 Å². The second-order valence-corrected chi connectivity index (χ2v) is 6.06. The van der Waals surface area contributed by atoms with Gasteiger partial charge in [0.05, 0.1) is 5.56 Å². The maximum absolute atomic E-state index is 12.8. The van der Waals surface area contributed by atoms with E-state index in [0.717, 1.165) is 28.1 Å². The number of carbonyl (C=O) groups is 1. The number of nitrogens with two attached hydrogens (primary N) is 1. The minimum Gasteiger partial charge on any atom is -0.380 e. The van der Waals surface area contributed by atoms with E-state index in [-0.39, 0.29) is 5.91 Å². The van der Waals surface area contributed by atoms with Crippen molar-refractivity contribution in [2.24, 2.45) is 5.73 Å². The summed E-state index contributed by atoms with van der Waals surface area (Å²) in [5.41, 5.74) is 10.9. The number of anilines is 2. The highest BCUT2D eigenvalue weighted by Gasteiger charge is 2.14. The molecular weight excluding hydrogens is 324 g/mol. The van der Waals surface area contributed by atoms with Crippen LogP contribution in [0.1, 0.15) is 27.0 Å². The number of hydrogen-bond acceptors (Lipinski definition) is 4. The zero-order valence-electron chi connectivity index (χ0n) is 14.7. The molecule has 0 aliphatic rings. The van der Waals surface area contributed by atoms with Crippen molar-refractivity contribution < 1.29 is 4.79 Å². The van der Waals surface area contributed by atoms with Crippen molar-refractivity contribution in [3.63, 3.8) is 0 Å². The lowest BCUT2D eigenvalue weighted by Gasteiger charge is -2.15. The number of amides is 1. The van der Waals surface area contributed by atoms with E-state index in [2.05, 4.69) is 15.6 Å². The first kappa shape index (κ1) is 17.6. The first-order chi connectivity index (χ1) is 12.7. The zero-order valence-corrected chi connectivity index (χ0v) is 14.7. The number of aryl methyl sites for hydroxylation is 1. The van der Waals surface area contributed by atoms with E-state index in [1.807, 2.05) is 61.5 Å². The standard InChI is InChI=1S/C21H22N4O/c1-15-3-2-4-19(24-14-17-9-11-23-12-10-17)20(15)21(26)25-18-7-5-16(13-22)6-8-18/h2-12,24H,13-14,22H2,1H3,(H,25,26). The topological polar surface area (TPSA) is 80.0 Å². The van der Waals surface area contributed by atoms with Crippen molar-refractivity contribution in [3.8, 4) is 0 Å². The Labute approximate surface area is 153 Å². The summed E-state index contributed by atoms with van der Waals surface area (Å²) in [7, 11) is 0. The van der Waals surface area contributed by atoms with E-state index in [9.17, 15) is 4.79 Å². The summed E-state index contributed by atoms with van der Waals surface area (Å²) in [6, 6.07) is 17.2. The van der Waals surface area contributed by atoms with Gasteiger partial charge in [0.15, 0.2) is 0 Å². The van der Waals surface area contributed by atoms with Gasteiger partial charge in [-0.3, -0.25) is 9.78 Å². The van der Waals surface area contributed by atoms with Gasteiger partial charge in [-0.15, -0.1) is 0 Å². The van der Waals surface area contributed by atoms with Crippen LogP contribution in [0.25, 0.3) is 0 Å². The van der Waals surface area contributed by atoms with Crippen LogP contribution in [-0.2, 0) is 13.1 Å². The summed E-state index contributed by atoms with van der Waals surface area (Å²) in [4.78, 5) is 16.9. The fraction of sp³-hybridized carbons (Fsp3) is 0.143. The third-order valence-corrected chi connectivity index (χ3v) is 4.18. The maximum atomic E-state index is 12.8. The molecule has 0 unspecified atom stereocenters. The number of nitrogens with zero attached hydrogens (tertiary/aromatic N) is 1. The molecule has 26 heavy (non-hydrogen) atoms. The molecule has 0 aliphatic heterocycles. The molecule has 1 heterocycles. The number of pyridine rings is 1. The first-order valence-electron chi connectivity index (χ1n) is 8.50. The van der Waals surface area contributed by atoms with Gasteiger partial charge in [-0.05, 0) is 53.9 Å². The molecule has 0 saturated heterocycles. The molecule has 1 aromatic heterocycles. The Kier molecular flexibility index (Phi) is 5.61. The van der Waals surface area contributed by atoms with E-state index >= 15 is 0 Å². The van der Waals surface area contributed by atoms with Crippen molar-refractivity contribution >= 4 is 17.3 Å². The van der Waals surface area contributed by atoms with E-state index in [0.29, 0.717) is 18.7 Å². The van der Waals surface area contributed by atoms with Crippen LogP contribution in [-0.4, -0.2) is 10.9 Å². The van der Waals surface area contributed by atoms with Gasteiger partial charge in [0, 0.05) is 36.9 Å². The Hall–Kier alpha value is -3.18. The Balaban J connectivity index is 1.78. The van der Waals surface area contributed by atoms with Crippen LogP contribution >= 0.6 is 0 Å². The summed E-state index contributed by atoms with van der Waals surface area (Å²) in [5, 5.41) is 6.31. The number of rotatable bonds is 6. The van der Waals surface area contributed by atoms with Crippen molar-refractivity contribution in [2.75, 3.05) is 10.6 Å². The van der Waals surface area contributed by atoms with Crippen LogP contribution in [0.2, 0.25) is 0 Å². The molecule has 0 spiro atoms. The van der Waals surface area contributed by atoms with Crippen LogP contribution in [0.5, 0.6) is 0 Å². The average molecular weight is 346 g/mol. The van der Waals surface area contributed by atoms with Gasteiger partial charge in [0.2, 0.25) is 0 Å². The Morgan fingerprint density at radius 3 is 2.42 bits per heavy atom. The second-order valence-electron chi connectivity index (χ2n) is 6.06. The highest BCUT2D eigenvalue weighted by atomic mass is 16.1. The molecule has 0 radical (unpaired) electrons. The largest absolute Gasteiger partial charge is 0.380 e. The summed E-state index contributed by atoms with van der Waals surface area (Å²) < 4.78 is 0. The quantitative estimate of drug-likeness (QED) is 0.635. The SMILES string of the molecule is Cc1cccc(NCc2ccncc2)c1C(=O)Nc1ccc(CN)cc1. The minimum atomic E-state index is -0.138. The number of carbonyl (C=O) groups excluding carboxylic acids is 1. The Morgan fingerprint density at radius 2 is 1.73 bits per heavy atom. The van der Waals surface area contributed by atoms with Crippen LogP contribution in [0.4, 0.5) is 11.4 Å². The lowest BCUT2D eigenvalue weighted by atomic mass is 10.0. The number of benzene rings is 2. The molecular formula is C21H22N4O. The molecule has 1 amide bonds. The molecule has 132 valence electrons. The Morgan fingerprint density at radius 1 is 1.00 bits per heavy atom. The van der Waals surface area contributed by atoms with E-state index < -0.39 is 0 Å². The van der Waals surface area contributed by atoms with Gasteiger partial charge in [-0.25, -0.2) is 0 Å². The van der Waals surface area contributed by atoms with Gasteiger partial charge in [-0.1, -0.05) is 24.3 Å². The molecule has 2 aromatic carbocycles. The normalized spacial score (nSPS) is 10.4. The van der Waals surface area contributed by atoms with Crippen molar-refractivity contribution in [3.05, 3.63) is 89.2 Å². The highest BCUT2D eigenvalue weighted by molar-refractivity contribution is 6.09. The molecule has 0 saturated carbocycles. The lowest BCUT2D eigenvalue weighted by Crippen LogP contribution is -2.16. The van der Waals surface area contributed by atoms with Crippen molar-refractivity contribution in [1.82, 2.24) is 4.98 Å². The molecule has 3 aromatic rings. The molecule has 0 aliphatic carbocycles. The third-order valence-electron chi connectivity index (χ3n) is 4.18. The molecule has 0 fully saturated rings. The molecule has 0 bridgehead atoms. The number of aromatic nitrogens is 1. The molecule has 0 atom stereocenters. The van der Waals surface area contributed by atoms with Gasteiger partial charge in [-0.2, -0.15) is 0 Å². The molecule has 5 heteroatoms. The number of nitrogens with one attached hydrogen (secondary N) is 2. The first-order valence-corrected chi connectivity index (χ1v) is 8.50. The van der Waals surface area contributed by atoms with Crippen LogP contribution in [0.15, 0.2) is 67.0 Å². The second kappa shape index (κ2) is 8.27. The summed E-state index contributed by atoms with van der Waals surface area (Å²) >= 11 is 0. The van der Waals surface area contributed by atoms with Crippen molar-refractivity contribution in [2.45, 2.75) is 20.0 Å². The van der Waals surface area contributed by atoms with Crippen LogP contribution in [0.3, 0.4) is 0 Å². The summed E-state index contributed by atoms with van der Waals surface area (Å²) in [6.07, 6.45) is 3.51. The summed E-state index contributed by atoms with van der Waals surface area (Å²) in [5.74, 6) is -0.138. The Bertz CT molecular complexity index is 876.